The highest BCUT2D eigenvalue weighted by atomic mass is 35.5. The maximum Gasteiger partial charge on any atom is 0.258 e. The molecule has 1 atom stereocenters. The third-order valence-corrected chi connectivity index (χ3v) is 4.23. The van der Waals surface area contributed by atoms with Crippen molar-refractivity contribution in [2.75, 3.05) is 11.1 Å². The highest BCUT2D eigenvalue weighted by Crippen LogP contribution is 2.39. The van der Waals surface area contributed by atoms with Gasteiger partial charge in [-0.2, -0.15) is 10.2 Å². The van der Waals surface area contributed by atoms with E-state index in [0.29, 0.717) is 15.6 Å². The molecule has 0 radical (unpaired) electrons. The van der Waals surface area contributed by atoms with E-state index in [1.54, 1.807) is 18.2 Å². The van der Waals surface area contributed by atoms with Gasteiger partial charge >= 0.3 is 0 Å². The third kappa shape index (κ3) is 2.48. The molecule has 116 valence electrons. The number of hydrogen-bond donors (Lipinski definition) is 4. The summed E-state index contributed by atoms with van der Waals surface area (Å²) in [5.41, 5.74) is 12.0. The van der Waals surface area contributed by atoms with Gasteiger partial charge in [-0.3, -0.25) is 9.78 Å². The summed E-state index contributed by atoms with van der Waals surface area (Å²) < 4.78 is 0. The van der Waals surface area contributed by atoms with Gasteiger partial charge in [0.2, 0.25) is 5.95 Å². The second kappa shape index (κ2) is 5.50. The molecule has 9 heteroatoms. The molecule has 0 saturated heterocycles. The van der Waals surface area contributed by atoms with E-state index in [0.717, 1.165) is 0 Å². The highest BCUT2D eigenvalue weighted by molar-refractivity contribution is 6.42. The molecule has 0 saturated carbocycles. The first kappa shape index (κ1) is 15.2. The number of benzene rings is 1. The molecule has 0 spiro atoms. The normalized spacial score (nSPS) is 16.5. The number of aromatic amines is 1. The Hall–Kier alpha value is -2.69. The van der Waals surface area contributed by atoms with Gasteiger partial charge in [0.05, 0.1) is 33.2 Å². The van der Waals surface area contributed by atoms with Crippen LogP contribution in [0.1, 0.15) is 17.0 Å². The number of aromatic nitrogens is 2. The summed E-state index contributed by atoms with van der Waals surface area (Å²) in [4.78, 5) is 18.8. The number of H-pyrrole nitrogens is 1. The zero-order valence-electron chi connectivity index (χ0n) is 11.5. The molecule has 0 aliphatic carbocycles. The Morgan fingerprint density at radius 2 is 2.00 bits per heavy atom. The average molecular weight is 349 g/mol. The van der Waals surface area contributed by atoms with E-state index in [9.17, 15) is 10.1 Å². The van der Waals surface area contributed by atoms with Crippen LogP contribution in [0.3, 0.4) is 0 Å². The lowest BCUT2D eigenvalue weighted by Crippen LogP contribution is -2.30. The van der Waals surface area contributed by atoms with Gasteiger partial charge in [0.25, 0.3) is 5.56 Å². The van der Waals surface area contributed by atoms with Crippen molar-refractivity contribution in [2.45, 2.75) is 5.92 Å². The van der Waals surface area contributed by atoms with E-state index in [1.165, 1.54) is 0 Å². The predicted molar refractivity (Wildman–Crippen MR) is 88.0 cm³/mol. The standard InChI is InChI=1S/C14H10Cl2N6O/c15-7-2-1-5(3-8(7)16)9-6(4-17)11(18)20-12-10(9)13(23)22-14(19)21-12/h1-3,9H,18H2,(H4,19,20,21,22,23). The van der Waals surface area contributed by atoms with Crippen LogP contribution in [0.4, 0.5) is 11.8 Å². The minimum Gasteiger partial charge on any atom is -0.384 e. The molecule has 0 fully saturated rings. The monoisotopic (exact) mass is 348 g/mol. The first-order chi connectivity index (χ1) is 10.9. The van der Waals surface area contributed by atoms with Crippen LogP contribution in [0.25, 0.3) is 0 Å². The van der Waals surface area contributed by atoms with Crippen LogP contribution in [0, 0.1) is 11.3 Å². The van der Waals surface area contributed by atoms with Crippen LogP contribution in [0.2, 0.25) is 10.0 Å². The highest BCUT2D eigenvalue weighted by Gasteiger charge is 2.32. The van der Waals surface area contributed by atoms with Crippen LogP contribution < -0.4 is 22.3 Å². The van der Waals surface area contributed by atoms with Crippen LogP contribution in [0.5, 0.6) is 0 Å². The molecule has 2 heterocycles. The van der Waals surface area contributed by atoms with Gasteiger partial charge < -0.3 is 16.8 Å². The van der Waals surface area contributed by atoms with Gasteiger partial charge in [-0.05, 0) is 17.7 Å². The first-order valence-electron chi connectivity index (χ1n) is 6.43. The summed E-state index contributed by atoms with van der Waals surface area (Å²) in [7, 11) is 0. The Bertz CT molecular complexity index is 943. The molecule has 1 aromatic carbocycles. The minimum atomic E-state index is -0.720. The summed E-state index contributed by atoms with van der Waals surface area (Å²) in [6, 6.07) is 6.87. The van der Waals surface area contributed by atoms with Gasteiger partial charge in [-0.25, -0.2) is 0 Å². The number of hydrogen-bond acceptors (Lipinski definition) is 6. The van der Waals surface area contributed by atoms with Crippen molar-refractivity contribution in [1.29, 1.82) is 5.26 Å². The van der Waals surface area contributed by atoms with Crippen molar-refractivity contribution < 1.29 is 0 Å². The number of halogens is 2. The fraction of sp³-hybridized carbons (Fsp3) is 0.0714. The summed E-state index contributed by atoms with van der Waals surface area (Å²) in [5, 5.41) is 12.8. The molecular weight excluding hydrogens is 339 g/mol. The summed E-state index contributed by atoms with van der Waals surface area (Å²) >= 11 is 12.0. The minimum absolute atomic E-state index is 0.0534. The molecule has 1 unspecified atom stereocenters. The van der Waals surface area contributed by atoms with E-state index in [1.807, 2.05) is 6.07 Å². The third-order valence-electron chi connectivity index (χ3n) is 3.49. The van der Waals surface area contributed by atoms with E-state index >= 15 is 0 Å². The zero-order valence-corrected chi connectivity index (χ0v) is 13.0. The van der Waals surface area contributed by atoms with Crippen molar-refractivity contribution in [3.05, 3.63) is 61.1 Å². The number of nitrogens with one attached hydrogen (secondary N) is 2. The van der Waals surface area contributed by atoms with Crippen LogP contribution in [0.15, 0.2) is 34.4 Å². The fourth-order valence-electron chi connectivity index (χ4n) is 2.51. The summed E-state index contributed by atoms with van der Waals surface area (Å²) in [6.45, 7) is 0. The molecule has 0 bridgehead atoms. The Balaban J connectivity index is 2.31. The zero-order chi connectivity index (χ0) is 16.7. The maximum absolute atomic E-state index is 12.3. The van der Waals surface area contributed by atoms with E-state index < -0.39 is 11.5 Å². The SMILES string of the molecule is N#CC1=C(N)Nc2nc(N)[nH]c(=O)c2C1c1ccc(Cl)c(Cl)c1. The summed E-state index contributed by atoms with van der Waals surface area (Å²) in [5.74, 6) is -0.461. The smallest absolute Gasteiger partial charge is 0.258 e. The lowest BCUT2D eigenvalue weighted by molar-refractivity contribution is 0.884. The molecule has 23 heavy (non-hydrogen) atoms. The van der Waals surface area contributed by atoms with Gasteiger partial charge in [0.15, 0.2) is 0 Å². The Morgan fingerprint density at radius 3 is 2.65 bits per heavy atom. The Kier molecular flexibility index (Phi) is 3.64. The molecule has 1 aliphatic heterocycles. The van der Waals surface area contributed by atoms with Crippen LogP contribution in [-0.4, -0.2) is 9.97 Å². The molecule has 7 nitrogen and oxygen atoms in total. The topological polar surface area (TPSA) is 134 Å². The van der Waals surface area contributed by atoms with E-state index in [-0.39, 0.29) is 28.7 Å². The number of nitrogens with two attached hydrogens (primary N) is 2. The number of nitrogens with zero attached hydrogens (tertiary/aromatic N) is 2. The van der Waals surface area contributed by atoms with Crippen molar-refractivity contribution in [3.8, 4) is 6.07 Å². The Labute approximate surface area is 140 Å². The summed E-state index contributed by atoms with van der Waals surface area (Å²) in [6.07, 6.45) is 0. The number of anilines is 2. The number of rotatable bonds is 1. The Morgan fingerprint density at radius 1 is 1.26 bits per heavy atom. The van der Waals surface area contributed by atoms with Crippen molar-refractivity contribution >= 4 is 35.0 Å². The average Bonchev–Trinajstić information content (AvgIpc) is 2.48. The van der Waals surface area contributed by atoms with Crippen molar-refractivity contribution in [1.82, 2.24) is 9.97 Å². The molecule has 6 N–H and O–H groups in total. The first-order valence-corrected chi connectivity index (χ1v) is 7.19. The van der Waals surface area contributed by atoms with Gasteiger partial charge in [-0.15, -0.1) is 0 Å². The lowest BCUT2D eigenvalue weighted by atomic mass is 9.84. The number of allylic oxidation sites excluding steroid dienone is 1. The number of fused-ring (bicyclic) bond motifs is 1. The van der Waals surface area contributed by atoms with Crippen molar-refractivity contribution in [3.63, 3.8) is 0 Å². The molecular formula is C14H10Cl2N6O. The number of nitrogen functional groups attached to an aromatic ring is 1. The number of nitriles is 1. The molecule has 3 rings (SSSR count). The lowest BCUT2D eigenvalue weighted by Gasteiger charge is -2.26. The van der Waals surface area contributed by atoms with Gasteiger partial charge in [0.1, 0.15) is 11.6 Å². The maximum atomic E-state index is 12.3. The molecule has 1 aromatic heterocycles. The van der Waals surface area contributed by atoms with Gasteiger partial charge in [-0.1, -0.05) is 29.3 Å². The second-order valence-electron chi connectivity index (χ2n) is 4.88. The second-order valence-corrected chi connectivity index (χ2v) is 5.70. The van der Waals surface area contributed by atoms with Crippen LogP contribution in [-0.2, 0) is 0 Å². The molecule has 1 aliphatic rings. The van der Waals surface area contributed by atoms with Crippen molar-refractivity contribution in [2.24, 2.45) is 5.73 Å². The van der Waals surface area contributed by atoms with Gasteiger partial charge in [0, 0.05) is 0 Å². The van der Waals surface area contributed by atoms with E-state index in [4.69, 9.17) is 34.7 Å². The largest absolute Gasteiger partial charge is 0.384 e. The molecule has 0 amide bonds. The quantitative estimate of drug-likeness (QED) is 0.621. The fourth-order valence-corrected chi connectivity index (χ4v) is 2.81. The van der Waals surface area contributed by atoms with Crippen LogP contribution >= 0.6 is 23.2 Å². The molecule has 2 aromatic rings. The predicted octanol–water partition coefficient (Wildman–Crippen LogP) is 1.91. The van der Waals surface area contributed by atoms with E-state index in [2.05, 4.69) is 15.3 Å².